The van der Waals surface area contributed by atoms with Crippen LogP contribution in [-0.2, 0) is 7.05 Å². The third kappa shape index (κ3) is 2.60. The lowest BCUT2D eigenvalue weighted by molar-refractivity contribution is 0.897. The van der Waals surface area contributed by atoms with Crippen LogP contribution in [0.4, 0.5) is 0 Å². The number of nitrogens with zero attached hydrogens (tertiary/aromatic N) is 5. The highest BCUT2D eigenvalue weighted by atomic mass is 15.3. The Morgan fingerprint density at radius 2 is 1.79 bits per heavy atom. The number of hydrogen-bond acceptors (Lipinski definition) is 3. The van der Waals surface area contributed by atoms with Gasteiger partial charge < -0.3 is 4.57 Å². The second-order valence-electron chi connectivity index (χ2n) is 5.72. The van der Waals surface area contributed by atoms with Crippen molar-refractivity contribution < 1.29 is 0 Å². The molecule has 0 unspecified atom stereocenters. The van der Waals surface area contributed by atoms with E-state index in [1.807, 2.05) is 73.4 Å². The van der Waals surface area contributed by atoms with E-state index in [1.54, 1.807) is 4.52 Å². The van der Waals surface area contributed by atoms with Crippen molar-refractivity contribution >= 4 is 17.8 Å². The fraction of sp³-hybridized carbons (Fsp3) is 0.105. The molecule has 4 aromatic rings. The van der Waals surface area contributed by atoms with Crippen LogP contribution in [0.2, 0.25) is 0 Å². The molecule has 1 aromatic carbocycles. The molecule has 3 aromatic heterocycles. The van der Waals surface area contributed by atoms with Gasteiger partial charge in [-0.3, -0.25) is 0 Å². The topological polar surface area (TPSA) is 48.0 Å². The van der Waals surface area contributed by atoms with E-state index in [0.717, 1.165) is 28.3 Å². The van der Waals surface area contributed by atoms with Crippen LogP contribution in [0.3, 0.4) is 0 Å². The molecular formula is C19H17N5. The van der Waals surface area contributed by atoms with Crippen molar-refractivity contribution in [1.82, 2.24) is 24.1 Å². The Morgan fingerprint density at radius 3 is 2.58 bits per heavy atom. The first-order valence-electron chi connectivity index (χ1n) is 7.79. The van der Waals surface area contributed by atoms with E-state index in [-0.39, 0.29) is 0 Å². The van der Waals surface area contributed by atoms with Crippen molar-refractivity contribution in [3.8, 4) is 11.3 Å². The average Bonchev–Trinajstić information content (AvgIpc) is 3.18. The highest BCUT2D eigenvalue weighted by molar-refractivity contribution is 5.67. The van der Waals surface area contributed by atoms with Gasteiger partial charge in [-0.1, -0.05) is 36.4 Å². The molecule has 0 N–H and O–H groups in total. The summed E-state index contributed by atoms with van der Waals surface area (Å²) in [6.07, 6.45) is 7.76. The van der Waals surface area contributed by atoms with Crippen LogP contribution >= 0.6 is 0 Å². The standard InChI is InChI=1S/C19H17N5/c1-14-7-6-12-24-19(14)21-17(22-24)10-11-18-20-16(13-23(18)2)15-8-4-3-5-9-15/h3-13H,1-2H3. The summed E-state index contributed by atoms with van der Waals surface area (Å²) in [5, 5.41) is 4.46. The molecule has 5 nitrogen and oxygen atoms in total. The Morgan fingerprint density at radius 1 is 0.958 bits per heavy atom. The van der Waals surface area contributed by atoms with Crippen LogP contribution in [0.15, 0.2) is 54.9 Å². The number of aryl methyl sites for hydroxylation is 2. The highest BCUT2D eigenvalue weighted by Gasteiger charge is 2.06. The van der Waals surface area contributed by atoms with Gasteiger partial charge in [0.15, 0.2) is 11.5 Å². The van der Waals surface area contributed by atoms with E-state index >= 15 is 0 Å². The third-order valence-corrected chi connectivity index (χ3v) is 3.94. The van der Waals surface area contributed by atoms with Crippen molar-refractivity contribution in [1.29, 1.82) is 0 Å². The van der Waals surface area contributed by atoms with E-state index in [1.165, 1.54) is 0 Å². The number of aromatic nitrogens is 5. The van der Waals surface area contributed by atoms with Gasteiger partial charge in [-0.05, 0) is 30.7 Å². The largest absolute Gasteiger partial charge is 0.334 e. The van der Waals surface area contributed by atoms with Crippen LogP contribution < -0.4 is 0 Å². The van der Waals surface area contributed by atoms with Gasteiger partial charge in [-0.25, -0.2) is 14.5 Å². The lowest BCUT2D eigenvalue weighted by Crippen LogP contribution is -1.89. The molecule has 0 spiro atoms. The number of benzene rings is 1. The predicted molar refractivity (Wildman–Crippen MR) is 95.3 cm³/mol. The molecule has 24 heavy (non-hydrogen) atoms. The summed E-state index contributed by atoms with van der Waals surface area (Å²) >= 11 is 0. The first-order chi connectivity index (χ1) is 11.7. The molecule has 118 valence electrons. The first kappa shape index (κ1) is 14.4. The summed E-state index contributed by atoms with van der Waals surface area (Å²) in [5.41, 5.74) is 4.04. The van der Waals surface area contributed by atoms with Crippen LogP contribution in [0.5, 0.6) is 0 Å². The molecule has 0 aliphatic carbocycles. The van der Waals surface area contributed by atoms with Gasteiger partial charge in [0.2, 0.25) is 0 Å². The zero-order valence-electron chi connectivity index (χ0n) is 13.6. The molecular weight excluding hydrogens is 298 g/mol. The molecule has 0 atom stereocenters. The van der Waals surface area contributed by atoms with Gasteiger partial charge >= 0.3 is 0 Å². The summed E-state index contributed by atoms with van der Waals surface area (Å²) in [4.78, 5) is 9.23. The average molecular weight is 315 g/mol. The molecule has 0 amide bonds. The summed E-state index contributed by atoms with van der Waals surface area (Å²) in [6, 6.07) is 14.2. The number of pyridine rings is 1. The van der Waals surface area contributed by atoms with Crippen LogP contribution in [0, 0.1) is 6.92 Å². The molecule has 0 saturated heterocycles. The number of rotatable bonds is 3. The fourth-order valence-corrected chi connectivity index (χ4v) is 2.66. The Bertz CT molecular complexity index is 1020. The molecule has 0 fully saturated rings. The van der Waals surface area contributed by atoms with Crippen molar-refractivity contribution in [2.75, 3.05) is 0 Å². The first-order valence-corrected chi connectivity index (χ1v) is 7.79. The quantitative estimate of drug-likeness (QED) is 0.580. The lowest BCUT2D eigenvalue weighted by atomic mass is 10.2. The maximum Gasteiger partial charge on any atom is 0.175 e. The second kappa shape index (κ2) is 5.77. The van der Waals surface area contributed by atoms with Crippen molar-refractivity contribution in [2.45, 2.75) is 6.92 Å². The van der Waals surface area contributed by atoms with E-state index in [4.69, 9.17) is 0 Å². The number of hydrogen-bond donors (Lipinski definition) is 0. The highest BCUT2D eigenvalue weighted by Crippen LogP contribution is 2.18. The normalized spacial score (nSPS) is 11.6. The minimum atomic E-state index is 0.675. The molecule has 3 heterocycles. The van der Waals surface area contributed by atoms with E-state index in [2.05, 4.69) is 27.2 Å². The summed E-state index contributed by atoms with van der Waals surface area (Å²) in [6.45, 7) is 2.03. The summed E-state index contributed by atoms with van der Waals surface area (Å²) in [5.74, 6) is 1.54. The Labute approximate surface area is 139 Å². The van der Waals surface area contributed by atoms with Crippen molar-refractivity contribution in [3.05, 3.63) is 72.1 Å². The van der Waals surface area contributed by atoms with Crippen LogP contribution in [0.1, 0.15) is 17.2 Å². The smallest absolute Gasteiger partial charge is 0.175 e. The van der Waals surface area contributed by atoms with E-state index in [9.17, 15) is 0 Å². The monoisotopic (exact) mass is 315 g/mol. The molecule has 4 rings (SSSR count). The van der Waals surface area contributed by atoms with E-state index in [0.29, 0.717) is 5.82 Å². The predicted octanol–water partition coefficient (Wildman–Crippen LogP) is 3.61. The molecule has 0 bridgehead atoms. The lowest BCUT2D eigenvalue weighted by Gasteiger charge is -1.92. The minimum Gasteiger partial charge on any atom is -0.334 e. The second-order valence-corrected chi connectivity index (χ2v) is 5.72. The maximum atomic E-state index is 4.68. The number of imidazole rings is 1. The molecule has 0 aliphatic rings. The molecule has 0 radical (unpaired) electrons. The maximum absolute atomic E-state index is 4.68. The summed E-state index contributed by atoms with van der Waals surface area (Å²) < 4.78 is 3.79. The Kier molecular flexibility index (Phi) is 3.46. The fourth-order valence-electron chi connectivity index (χ4n) is 2.66. The van der Waals surface area contributed by atoms with Crippen molar-refractivity contribution in [3.63, 3.8) is 0 Å². The van der Waals surface area contributed by atoms with Gasteiger partial charge in [0.05, 0.1) is 5.69 Å². The third-order valence-electron chi connectivity index (χ3n) is 3.94. The van der Waals surface area contributed by atoms with Gasteiger partial charge in [-0.15, -0.1) is 5.10 Å². The number of fused-ring (bicyclic) bond motifs is 1. The van der Waals surface area contributed by atoms with Gasteiger partial charge in [-0.2, -0.15) is 0 Å². The van der Waals surface area contributed by atoms with Crippen molar-refractivity contribution in [2.24, 2.45) is 7.05 Å². The minimum absolute atomic E-state index is 0.675. The van der Waals surface area contributed by atoms with Gasteiger partial charge in [0.25, 0.3) is 0 Å². The Hall–Kier alpha value is -3.21. The van der Waals surface area contributed by atoms with E-state index < -0.39 is 0 Å². The SMILES string of the molecule is Cc1cccn2nc(C=Cc3nc(-c4ccccc4)cn3C)nc12. The zero-order valence-corrected chi connectivity index (χ0v) is 13.6. The zero-order chi connectivity index (χ0) is 16.5. The van der Waals surface area contributed by atoms with Gasteiger partial charge in [0, 0.05) is 25.0 Å². The molecule has 0 aliphatic heterocycles. The molecule has 5 heteroatoms. The molecule has 0 saturated carbocycles. The summed E-state index contributed by atoms with van der Waals surface area (Å²) in [7, 11) is 1.99. The van der Waals surface area contributed by atoms with Gasteiger partial charge in [0.1, 0.15) is 5.82 Å². The Balaban J connectivity index is 1.66. The van der Waals surface area contributed by atoms with Crippen LogP contribution in [0.25, 0.3) is 29.1 Å². The van der Waals surface area contributed by atoms with Crippen LogP contribution in [-0.4, -0.2) is 24.1 Å².